The number of amides is 1. The van der Waals surface area contributed by atoms with Crippen LogP contribution in [0.3, 0.4) is 0 Å². The van der Waals surface area contributed by atoms with E-state index < -0.39 is 0 Å². The number of aryl methyl sites for hydroxylation is 1. The summed E-state index contributed by atoms with van der Waals surface area (Å²) in [5.41, 5.74) is -0.0248. The minimum absolute atomic E-state index is 0.0248. The predicted molar refractivity (Wildman–Crippen MR) is 62.0 cm³/mol. The molecule has 0 aliphatic heterocycles. The molecule has 5 heteroatoms. The van der Waals surface area contributed by atoms with Gasteiger partial charge >= 0.3 is 0 Å². The molecule has 0 radical (unpaired) electrons. The van der Waals surface area contributed by atoms with Crippen molar-refractivity contribution in [3.8, 4) is 0 Å². The van der Waals surface area contributed by atoms with E-state index in [-0.39, 0.29) is 17.4 Å². The Morgan fingerprint density at radius 3 is 3.06 bits per heavy atom. The van der Waals surface area contributed by atoms with Gasteiger partial charge in [-0.1, -0.05) is 6.42 Å². The fourth-order valence-electron chi connectivity index (χ4n) is 3.08. The molecular weight excluding hydrogens is 216 g/mol. The van der Waals surface area contributed by atoms with Gasteiger partial charge in [-0.25, -0.2) is 4.98 Å². The highest BCUT2D eigenvalue weighted by atomic mass is 16.2. The van der Waals surface area contributed by atoms with Gasteiger partial charge in [0.25, 0.3) is 0 Å². The van der Waals surface area contributed by atoms with Gasteiger partial charge in [-0.2, -0.15) is 5.10 Å². The zero-order valence-corrected chi connectivity index (χ0v) is 10.3. The van der Waals surface area contributed by atoms with Gasteiger partial charge in [-0.15, -0.1) is 0 Å². The van der Waals surface area contributed by atoms with E-state index in [2.05, 4.69) is 15.4 Å². The van der Waals surface area contributed by atoms with Crippen molar-refractivity contribution in [3.05, 3.63) is 12.2 Å². The molecule has 2 aliphatic carbocycles. The average Bonchev–Trinajstić information content (AvgIpc) is 2.68. The van der Waals surface area contributed by atoms with Crippen LogP contribution in [0.25, 0.3) is 0 Å². The summed E-state index contributed by atoms with van der Waals surface area (Å²) in [4.78, 5) is 16.4. The van der Waals surface area contributed by atoms with E-state index in [1.54, 1.807) is 11.0 Å². The minimum Gasteiger partial charge on any atom is -0.346 e. The Labute approximate surface area is 101 Å². The highest BCUT2D eigenvalue weighted by molar-refractivity contribution is 5.86. The molecule has 17 heavy (non-hydrogen) atoms. The summed E-state index contributed by atoms with van der Waals surface area (Å²) in [7, 11) is 1.83. The van der Waals surface area contributed by atoms with E-state index in [0.29, 0.717) is 11.7 Å². The molecule has 92 valence electrons. The molecule has 1 aromatic rings. The third-order valence-corrected chi connectivity index (χ3v) is 4.21. The lowest BCUT2D eigenvalue weighted by atomic mass is 10.0. The van der Waals surface area contributed by atoms with Gasteiger partial charge in [0, 0.05) is 7.05 Å². The molecule has 1 heterocycles. The van der Waals surface area contributed by atoms with Gasteiger partial charge in [0.05, 0.1) is 11.5 Å². The van der Waals surface area contributed by atoms with Crippen LogP contribution in [-0.2, 0) is 11.8 Å². The first-order valence-corrected chi connectivity index (χ1v) is 6.28. The first-order chi connectivity index (χ1) is 8.12. The molecule has 1 aromatic heterocycles. The van der Waals surface area contributed by atoms with Crippen molar-refractivity contribution in [1.29, 1.82) is 0 Å². The van der Waals surface area contributed by atoms with Crippen molar-refractivity contribution in [2.75, 3.05) is 0 Å². The van der Waals surface area contributed by atoms with Gasteiger partial charge in [-0.05, 0) is 32.1 Å². The van der Waals surface area contributed by atoms with Crippen LogP contribution >= 0.6 is 0 Å². The quantitative estimate of drug-likeness (QED) is 0.854. The number of rotatable bonds is 3. The molecule has 0 saturated heterocycles. The summed E-state index contributed by atoms with van der Waals surface area (Å²) in [6, 6.07) is -0.0973. The number of carbonyl (C=O) groups excluding carboxylic acids is 1. The summed E-state index contributed by atoms with van der Waals surface area (Å²) < 4.78 is 1.66. The number of hydrogen-bond acceptors (Lipinski definition) is 3. The van der Waals surface area contributed by atoms with E-state index in [4.69, 9.17) is 0 Å². The molecule has 2 fully saturated rings. The molecule has 2 aliphatic rings. The maximum absolute atomic E-state index is 12.2. The number of aromatic nitrogens is 3. The van der Waals surface area contributed by atoms with Gasteiger partial charge in [0.15, 0.2) is 5.82 Å². The Morgan fingerprint density at radius 2 is 2.53 bits per heavy atom. The first-order valence-electron chi connectivity index (χ1n) is 6.28. The molecule has 1 unspecified atom stereocenters. The zero-order chi connectivity index (χ0) is 12.0. The van der Waals surface area contributed by atoms with Crippen LogP contribution < -0.4 is 5.32 Å². The highest BCUT2D eigenvalue weighted by Gasteiger charge is 2.62. The second-order valence-corrected chi connectivity index (χ2v) is 5.42. The number of fused-ring (bicyclic) bond motifs is 1. The predicted octanol–water partition coefficient (Wildman–Crippen LogP) is 1.18. The topological polar surface area (TPSA) is 59.8 Å². The lowest BCUT2D eigenvalue weighted by Crippen LogP contribution is -2.34. The van der Waals surface area contributed by atoms with E-state index in [1.165, 1.54) is 12.8 Å². The minimum atomic E-state index is -0.0973. The normalized spacial score (nSPS) is 32.0. The summed E-state index contributed by atoms with van der Waals surface area (Å²) >= 11 is 0. The monoisotopic (exact) mass is 234 g/mol. The third-order valence-electron chi connectivity index (χ3n) is 4.21. The standard InChI is InChI=1S/C12H18N4O/c1-8(10-13-7-16(2)15-10)14-11(17)12-5-3-4-9(12)6-12/h7-9H,3-6H2,1-2H3,(H,14,17)/t8?,9-,12-/m1/s1. The number of carbonyl (C=O) groups is 1. The van der Waals surface area contributed by atoms with Crippen LogP contribution in [0, 0.1) is 11.3 Å². The Bertz CT molecular complexity index is 455. The van der Waals surface area contributed by atoms with Crippen LogP contribution in [0.4, 0.5) is 0 Å². The van der Waals surface area contributed by atoms with Crippen molar-refractivity contribution < 1.29 is 4.79 Å². The molecule has 5 nitrogen and oxygen atoms in total. The van der Waals surface area contributed by atoms with E-state index in [1.807, 2.05) is 14.0 Å². The number of nitrogens with zero attached hydrogens (tertiary/aromatic N) is 3. The Kier molecular flexibility index (Phi) is 2.24. The SMILES string of the molecule is CC(NC(=O)[C@@]12CCC[C@@H]1C2)c1ncn(C)n1. The Balaban J connectivity index is 1.65. The second-order valence-electron chi connectivity index (χ2n) is 5.42. The molecular formula is C12H18N4O. The van der Waals surface area contributed by atoms with Crippen molar-refractivity contribution in [2.24, 2.45) is 18.4 Å². The molecule has 2 saturated carbocycles. The fourth-order valence-corrected chi connectivity index (χ4v) is 3.08. The fraction of sp³-hybridized carbons (Fsp3) is 0.750. The van der Waals surface area contributed by atoms with Crippen molar-refractivity contribution in [2.45, 2.75) is 38.6 Å². The highest BCUT2D eigenvalue weighted by Crippen LogP contribution is 2.63. The third kappa shape index (κ3) is 1.64. The summed E-state index contributed by atoms with van der Waals surface area (Å²) in [6.07, 6.45) is 6.23. The van der Waals surface area contributed by atoms with Crippen molar-refractivity contribution in [3.63, 3.8) is 0 Å². The smallest absolute Gasteiger partial charge is 0.227 e. The van der Waals surface area contributed by atoms with Crippen LogP contribution in [0.1, 0.15) is 44.5 Å². The lowest BCUT2D eigenvalue weighted by Gasteiger charge is -2.16. The van der Waals surface area contributed by atoms with E-state index in [0.717, 1.165) is 12.8 Å². The second kappa shape index (κ2) is 3.55. The van der Waals surface area contributed by atoms with Crippen LogP contribution in [0.2, 0.25) is 0 Å². The van der Waals surface area contributed by atoms with Crippen LogP contribution in [0.5, 0.6) is 0 Å². The van der Waals surface area contributed by atoms with E-state index >= 15 is 0 Å². The Hall–Kier alpha value is -1.39. The number of hydrogen-bond donors (Lipinski definition) is 1. The molecule has 0 bridgehead atoms. The summed E-state index contributed by atoms with van der Waals surface area (Å²) in [5, 5.41) is 7.27. The molecule has 3 atom stereocenters. The van der Waals surface area contributed by atoms with Gasteiger partial charge in [0.1, 0.15) is 6.33 Å². The van der Waals surface area contributed by atoms with Crippen molar-refractivity contribution >= 4 is 5.91 Å². The maximum atomic E-state index is 12.2. The van der Waals surface area contributed by atoms with E-state index in [9.17, 15) is 4.79 Å². The maximum Gasteiger partial charge on any atom is 0.227 e. The summed E-state index contributed by atoms with van der Waals surface area (Å²) in [6.45, 7) is 1.94. The molecule has 1 amide bonds. The largest absolute Gasteiger partial charge is 0.346 e. The molecule has 1 N–H and O–H groups in total. The van der Waals surface area contributed by atoms with Gasteiger partial charge in [-0.3, -0.25) is 9.48 Å². The van der Waals surface area contributed by atoms with Crippen molar-refractivity contribution in [1.82, 2.24) is 20.1 Å². The Morgan fingerprint density at radius 1 is 1.71 bits per heavy atom. The molecule has 0 spiro atoms. The average molecular weight is 234 g/mol. The van der Waals surface area contributed by atoms with Crippen LogP contribution in [-0.4, -0.2) is 20.7 Å². The molecule has 3 rings (SSSR count). The zero-order valence-electron chi connectivity index (χ0n) is 10.3. The lowest BCUT2D eigenvalue weighted by molar-refractivity contribution is -0.127. The van der Waals surface area contributed by atoms with Gasteiger partial charge < -0.3 is 5.32 Å². The summed E-state index contributed by atoms with van der Waals surface area (Å²) in [5.74, 6) is 1.54. The number of nitrogens with one attached hydrogen (secondary N) is 1. The van der Waals surface area contributed by atoms with Gasteiger partial charge in [0.2, 0.25) is 5.91 Å². The van der Waals surface area contributed by atoms with Crippen LogP contribution in [0.15, 0.2) is 6.33 Å². The molecule has 0 aromatic carbocycles. The first kappa shape index (κ1) is 10.7.